The third-order valence-corrected chi connectivity index (χ3v) is 2.28. The van der Waals surface area contributed by atoms with Crippen LogP contribution in [-0.2, 0) is 12.8 Å². The van der Waals surface area contributed by atoms with Crippen LogP contribution in [0.2, 0.25) is 0 Å². The molecule has 0 N–H and O–H groups in total. The van der Waals surface area contributed by atoms with Crippen LogP contribution in [0.25, 0.3) is 0 Å². The van der Waals surface area contributed by atoms with E-state index in [2.05, 4.69) is 62.4 Å². The molecule has 0 aliphatic heterocycles. The van der Waals surface area contributed by atoms with E-state index >= 15 is 0 Å². The molecule has 0 saturated heterocycles. The Balaban J connectivity index is 0.000000245. The Morgan fingerprint density at radius 2 is 0.933 bits per heavy atom. The van der Waals surface area contributed by atoms with Crippen molar-refractivity contribution in [3.05, 3.63) is 59.7 Å². The molecule has 76 valence electrons. The molecule has 0 amide bonds. The number of hydrogen-bond acceptors (Lipinski definition) is 0. The van der Waals surface area contributed by atoms with Gasteiger partial charge in [0.15, 0.2) is 0 Å². The molecule has 0 saturated carbocycles. The monoisotopic (exact) mass is 324 g/mol. The minimum atomic E-state index is 0. The van der Waals surface area contributed by atoms with Gasteiger partial charge in [0.1, 0.15) is 0 Å². The summed E-state index contributed by atoms with van der Waals surface area (Å²) < 4.78 is 0. The molecule has 2 rings (SSSR count). The van der Waals surface area contributed by atoms with Crippen LogP contribution in [0.1, 0.15) is 25.0 Å². The van der Waals surface area contributed by atoms with Crippen LogP contribution < -0.4 is 0 Å². The average molecular weight is 324 g/mol. The van der Waals surface area contributed by atoms with Crippen molar-refractivity contribution in [1.29, 1.82) is 0 Å². The van der Waals surface area contributed by atoms with Gasteiger partial charge in [-0.2, -0.15) is 35.4 Å². The van der Waals surface area contributed by atoms with Gasteiger partial charge in [-0.15, -0.1) is 0 Å². The number of rotatable bonds is 2. The van der Waals surface area contributed by atoms with Crippen LogP contribution in [0.15, 0.2) is 48.5 Å². The molecule has 15 heavy (non-hydrogen) atoms. The summed E-state index contributed by atoms with van der Waals surface area (Å²) >= 11 is 0. The summed E-state index contributed by atoms with van der Waals surface area (Å²) in [6.45, 7) is 4.32. The maximum Gasteiger partial charge on any atom is 2.00 e. The molecule has 0 bridgehead atoms. The molecule has 0 heterocycles. The molecular weight excluding hydrogens is 305 g/mol. The first-order valence-electron chi connectivity index (χ1n) is 5.28. The normalized spacial score (nSPS) is 8.67. The molecule has 2 aromatic carbocycles. The second-order valence-electron chi connectivity index (χ2n) is 3.29. The Morgan fingerprint density at radius 3 is 1.07 bits per heavy atom. The predicted molar refractivity (Wildman–Crippen MR) is 68.6 cm³/mol. The van der Waals surface area contributed by atoms with Crippen LogP contribution in [0.5, 0.6) is 0 Å². The predicted octanol–water partition coefficient (Wildman–Crippen LogP) is 3.56. The molecule has 0 unspecified atom stereocenters. The van der Waals surface area contributed by atoms with Gasteiger partial charge in [0.25, 0.3) is 0 Å². The van der Waals surface area contributed by atoms with Crippen molar-refractivity contribution in [2.24, 2.45) is 0 Å². The number of aryl methyl sites for hydroxylation is 2. The second kappa shape index (κ2) is 9.49. The van der Waals surface area contributed by atoms with Gasteiger partial charge in [-0.25, -0.2) is 24.3 Å². The summed E-state index contributed by atoms with van der Waals surface area (Å²) in [4.78, 5) is 0. The van der Waals surface area contributed by atoms with Gasteiger partial charge in [-0.1, -0.05) is 26.7 Å². The quantitative estimate of drug-likeness (QED) is 0.585. The molecule has 0 spiro atoms. The van der Waals surface area contributed by atoms with Gasteiger partial charge in [0.05, 0.1) is 0 Å². The SMILES string of the molecule is CC[c-]1cccc1.CC[c-]1cccc1.[Ba+2]. The van der Waals surface area contributed by atoms with E-state index in [4.69, 9.17) is 0 Å². The minimum Gasteiger partial charge on any atom is -0.213 e. The van der Waals surface area contributed by atoms with Crippen molar-refractivity contribution in [3.63, 3.8) is 0 Å². The van der Waals surface area contributed by atoms with E-state index in [1.807, 2.05) is 0 Å². The van der Waals surface area contributed by atoms with E-state index in [9.17, 15) is 0 Å². The van der Waals surface area contributed by atoms with E-state index in [-0.39, 0.29) is 48.9 Å². The third kappa shape index (κ3) is 6.44. The molecule has 0 nitrogen and oxygen atoms in total. The Kier molecular flexibility index (Phi) is 9.67. The van der Waals surface area contributed by atoms with Gasteiger partial charge in [0.2, 0.25) is 0 Å². The summed E-state index contributed by atoms with van der Waals surface area (Å²) in [5.74, 6) is 0. The minimum absolute atomic E-state index is 0. The maximum atomic E-state index is 2.16. The van der Waals surface area contributed by atoms with Crippen LogP contribution in [-0.4, -0.2) is 48.9 Å². The van der Waals surface area contributed by atoms with Crippen molar-refractivity contribution in [2.75, 3.05) is 0 Å². The van der Waals surface area contributed by atoms with Gasteiger partial charge in [-0.3, -0.25) is 0 Å². The number of hydrogen-bond donors (Lipinski definition) is 0. The third-order valence-electron chi connectivity index (χ3n) is 2.28. The van der Waals surface area contributed by atoms with Crippen molar-refractivity contribution in [2.45, 2.75) is 26.7 Å². The molecule has 0 aliphatic carbocycles. The Bertz CT molecular complexity index is 269. The van der Waals surface area contributed by atoms with E-state index in [1.165, 1.54) is 11.1 Å². The fraction of sp³-hybridized carbons (Fsp3) is 0.286. The van der Waals surface area contributed by atoms with Gasteiger partial charge in [0, 0.05) is 0 Å². The zero-order valence-electron chi connectivity index (χ0n) is 9.74. The largest absolute Gasteiger partial charge is 2.00 e. The molecule has 0 aliphatic rings. The van der Waals surface area contributed by atoms with Gasteiger partial charge < -0.3 is 0 Å². The second-order valence-corrected chi connectivity index (χ2v) is 3.29. The van der Waals surface area contributed by atoms with Crippen molar-refractivity contribution >= 4 is 48.9 Å². The van der Waals surface area contributed by atoms with Crippen LogP contribution in [0.4, 0.5) is 0 Å². The molecule has 0 radical (unpaired) electrons. The maximum absolute atomic E-state index is 2.16. The molecule has 0 fully saturated rings. The first-order valence-corrected chi connectivity index (χ1v) is 5.28. The summed E-state index contributed by atoms with van der Waals surface area (Å²) in [5, 5.41) is 0. The molecular formula is C14H18Ba. The van der Waals surface area contributed by atoms with Crippen molar-refractivity contribution < 1.29 is 0 Å². The smallest absolute Gasteiger partial charge is 0.213 e. The van der Waals surface area contributed by atoms with Crippen LogP contribution in [0.3, 0.4) is 0 Å². The summed E-state index contributed by atoms with van der Waals surface area (Å²) in [5.41, 5.74) is 2.86. The van der Waals surface area contributed by atoms with Gasteiger partial charge >= 0.3 is 48.9 Å². The van der Waals surface area contributed by atoms with Gasteiger partial charge in [-0.05, 0) is 0 Å². The van der Waals surface area contributed by atoms with E-state index < -0.39 is 0 Å². The molecule has 2 aromatic rings. The Hall–Kier alpha value is 0.271. The molecule has 0 atom stereocenters. The fourth-order valence-corrected chi connectivity index (χ4v) is 1.30. The molecule has 1 heteroatoms. The topological polar surface area (TPSA) is 0 Å². The Morgan fingerprint density at radius 1 is 0.667 bits per heavy atom. The average Bonchev–Trinajstić information content (AvgIpc) is 2.92. The fourth-order valence-electron chi connectivity index (χ4n) is 1.30. The molecule has 0 aromatic heterocycles. The van der Waals surface area contributed by atoms with E-state index in [0.717, 1.165) is 12.8 Å². The van der Waals surface area contributed by atoms with Crippen LogP contribution in [0, 0.1) is 0 Å². The van der Waals surface area contributed by atoms with E-state index in [0.29, 0.717) is 0 Å². The van der Waals surface area contributed by atoms with Crippen LogP contribution >= 0.6 is 0 Å². The standard InChI is InChI=1S/2C7H9.Ba/c2*1-2-7-5-3-4-6-7;/h2*3-6H,2H2,1H3;/q2*-1;+2. The first-order chi connectivity index (χ1) is 6.86. The summed E-state index contributed by atoms with van der Waals surface area (Å²) in [7, 11) is 0. The zero-order chi connectivity index (χ0) is 10.2. The van der Waals surface area contributed by atoms with E-state index in [1.54, 1.807) is 0 Å². The summed E-state index contributed by atoms with van der Waals surface area (Å²) in [6, 6.07) is 16.8. The Labute approximate surface area is 134 Å². The zero-order valence-corrected chi connectivity index (χ0v) is 14.2. The summed E-state index contributed by atoms with van der Waals surface area (Å²) in [6.07, 6.45) is 2.32. The van der Waals surface area contributed by atoms with Crippen molar-refractivity contribution in [3.8, 4) is 0 Å². The van der Waals surface area contributed by atoms with Crippen molar-refractivity contribution in [1.82, 2.24) is 0 Å². The first kappa shape index (κ1) is 15.3.